The minimum atomic E-state index is -0.779. The van der Waals surface area contributed by atoms with Gasteiger partial charge in [-0.1, -0.05) is 5.11 Å². The Labute approximate surface area is 170 Å². The first-order chi connectivity index (χ1) is 13.9. The molecule has 3 rings (SSSR count). The van der Waals surface area contributed by atoms with E-state index in [9.17, 15) is 14.4 Å². The first kappa shape index (κ1) is 21.4. The molecule has 0 saturated carbocycles. The fraction of sp³-hybridized carbons (Fsp3) is 0.842. The summed E-state index contributed by atoms with van der Waals surface area (Å²) in [6, 6.07) is -1.73. The van der Waals surface area contributed by atoms with Crippen LogP contribution in [-0.2, 0) is 19.1 Å². The third-order valence-corrected chi connectivity index (χ3v) is 6.31. The topological polar surface area (TPSA) is 119 Å². The standard InChI is InChI=1S/C19H30N6O4/c1-12(2)23-8-4-6-14(23)17(26)24-9-5-7-15(24)18(27)25-11-13(21-22-20)10-16(25)19(28)29-3/h12-16H,4-11H2,1-3H3/t13-,14+,15+,16+/m1/s1. The van der Waals surface area contributed by atoms with Crippen molar-refractivity contribution in [2.24, 2.45) is 5.11 Å². The van der Waals surface area contributed by atoms with Gasteiger partial charge in [-0.25, -0.2) is 4.79 Å². The molecule has 10 heteroatoms. The Morgan fingerprint density at radius 3 is 2.34 bits per heavy atom. The molecule has 4 atom stereocenters. The second-order valence-corrected chi connectivity index (χ2v) is 8.30. The zero-order valence-electron chi connectivity index (χ0n) is 17.4. The van der Waals surface area contributed by atoms with Crippen LogP contribution in [0.15, 0.2) is 5.11 Å². The Bertz CT molecular complexity index is 707. The van der Waals surface area contributed by atoms with E-state index in [1.807, 2.05) is 0 Å². The molecule has 0 aromatic heterocycles. The van der Waals surface area contributed by atoms with Crippen molar-refractivity contribution in [3.63, 3.8) is 0 Å². The number of hydrogen-bond acceptors (Lipinski definition) is 6. The van der Waals surface area contributed by atoms with E-state index in [1.54, 1.807) is 4.90 Å². The zero-order valence-corrected chi connectivity index (χ0v) is 17.4. The van der Waals surface area contributed by atoms with Crippen molar-refractivity contribution >= 4 is 17.8 Å². The molecule has 0 bridgehead atoms. The molecule has 3 aliphatic heterocycles. The van der Waals surface area contributed by atoms with Gasteiger partial charge >= 0.3 is 5.97 Å². The number of azide groups is 1. The van der Waals surface area contributed by atoms with Crippen molar-refractivity contribution < 1.29 is 19.1 Å². The predicted octanol–water partition coefficient (Wildman–Crippen LogP) is 1.30. The van der Waals surface area contributed by atoms with Crippen LogP contribution in [-0.4, -0.2) is 89.4 Å². The average Bonchev–Trinajstić information content (AvgIpc) is 3.45. The maximum Gasteiger partial charge on any atom is 0.328 e. The summed E-state index contributed by atoms with van der Waals surface area (Å²) in [5.41, 5.74) is 8.73. The Morgan fingerprint density at radius 1 is 1.03 bits per heavy atom. The van der Waals surface area contributed by atoms with Crippen LogP contribution >= 0.6 is 0 Å². The number of esters is 1. The van der Waals surface area contributed by atoms with Gasteiger partial charge in [0.1, 0.15) is 12.1 Å². The van der Waals surface area contributed by atoms with Gasteiger partial charge in [0.2, 0.25) is 11.8 Å². The van der Waals surface area contributed by atoms with Crippen LogP contribution in [0, 0.1) is 0 Å². The molecule has 3 heterocycles. The number of rotatable bonds is 5. The molecule has 0 aromatic rings. The van der Waals surface area contributed by atoms with Crippen molar-refractivity contribution in [2.75, 3.05) is 26.7 Å². The Kier molecular flexibility index (Phi) is 6.64. The highest BCUT2D eigenvalue weighted by molar-refractivity contribution is 5.93. The molecule has 10 nitrogen and oxygen atoms in total. The summed E-state index contributed by atoms with van der Waals surface area (Å²) in [5.74, 6) is -0.768. The van der Waals surface area contributed by atoms with Crippen LogP contribution in [0.3, 0.4) is 0 Å². The molecule has 0 unspecified atom stereocenters. The third kappa shape index (κ3) is 4.18. The minimum absolute atomic E-state index is 0.00691. The van der Waals surface area contributed by atoms with Crippen LogP contribution < -0.4 is 0 Å². The van der Waals surface area contributed by atoms with Gasteiger partial charge in [-0.05, 0) is 58.0 Å². The van der Waals surface area contributed by atoms with E-state index in [0.29, 0.717) is 13.0 Å². The summed E-state index contributed by atoms with van der Waals surface area (Å²) in [6.45, 7) is 5.78. The highest BCUT2D eigenvalue weighted by Gasteiger charge is 2.47. The van der Waals surface area contributed by atoms with Crippen molar-refractivity contribution in [1.29, 1.82) is 0 Å². The normalized spacial score (nSPS) is 29.9. The summed E-state index contributed by atoms with van der Waals surface area (Å²) in [7, 11) is 1.28. The highest BCUT2D eigenvalue weighted by Crippen LogP contribution is 2.30. The molecule has 0 aliphatic carbocycles. The zero-order chi connectivity index (χ0) is 21.1. The summed E-state index contributed by atoms with van der Waals surface area (Å²) in [6.07, 6.45) is 3.36. The maximum absolute atomic E-state index is 13.3. The molecule has 160 valence electrons. The lowest BCUT2D eigenvalue weighted by atomic mass is 10.1. The average molecular weight is 406 g/mol. The van der Waals surface area contributed by atoms with Gasteiger partial charge in [0.05, 0.1) is 19.2 Å². The predicted molar refractivity (Wildman–Crippen MR) is 105 cm³/mol. The van der Waals surface area contributed by atoms with Gasteiger partial charge in [0.15, 0.2) is 0 Å². The van der Waals surface area contributed by atoms with E-state index in [-0.39, 0.29) is 36.9 Å². The maximum atomic E-state index is 13.3. The first-order valence-electron chi connectivity index (χ1n) is 10.4. The fourth-order valence-electron chi connectivity index (χ4n) is 4.92. The number of amides is 2. The lowest BCUT2D eigenvalue weighted by Gasteiger charge is -2.34. The van der Waals surface area contributed by atoms with Crippen LogP contribution in [0.25, 0.3) is 10.4 Å². The smallest absolute Gasteiger partial charge is 0.328 e. The van der Waals surface area contributed by atoms with Crippen LogP contribution in [0.2, 0.25) is 0 Å². The number of likely N-dealkylation sites (tertiary alicyclic amines) is 3. The number of hydrogen-bond donors (Lipinski definition) is 0. The van der Waals surface area contributed by atoms with Gasteiger partial charge < -0.3 is 14.5 Å². The van der Waals surface area contributed by atoms with Crippen LogP contribution in [0.4, 0.5) is 0 Å². The largest absolute Gasteiger partial charge is 0.467 e. The molecule has 3 saturated heterocycles. The molecule has 0 radical (unpaired) electrons. The minimum Gasteiger partial charge on any atom is -0.467 e. The van der Waals surface area contributed by atoms with Gasteiger partial charge in [-0.2, -0.15) is 0 Å². The molecule has 29 heavy (non-hydrogen) atoms. The molecule has 0 aromatic carbocycles. The van der Waals surface area contributed by atoms with E-state index in [1.165, 1.54) is 12.0 Å². The Morgan fingerprint density at radius 2 is 1.69 bits per heavy atom. The highest BCUT2D eigenvalue weighted by atomic mass is 16.5. The van der Waals surface area contributed by atoms with E-state index in [4.69, 9.17) is 10.3 Å². The van der Waals surface area contributed by atoms with Gasteiger partial charge in [-0.15, -0.1) is 0 Å². The second kappa shape index (κ2) is 9.00. The Hall–Kier alpha value is -2.32. The molecular weight excluding hydrogens is 376 g/mol. The third-order valence-electron chi connectivity index (χ3n) is 6.31. The van der Waals surface area contributed by atoms with E-state index in [0.717, 1.165) is 25.8 Å². The Balaban J connectivity index is 1.77. The van der Waals surface area contributed by atoms with Gasteiger partial charge in [0, 0.05) is 24.0 Å². The van der Waals surface area contributed by atoms with Crippen molar-refractivity contribution in [3.8, 4) is 0 Å². The molecule has 0 N–H and O–H groups in total. The quantitative estimate of drug-likeness (QED) is 0.295. The van der Waals surface area contributed by atoms with Crippen molar-refractivity contribution in [1.82, 2.24) is 14.7 Å². The monoisotopic (exact) mass is 406 g/mol. The summed E-state index contributed by atoms with van der Waals surface area (Å²) >= 11 is 0. The molecule has 3 fully saturated rings. The number of carbonyl (C=O) groups excluding carboxylic acids is 3. The van der Waals surface area contributed by atoms with E-state index < -0.39 is 24.1 Å². The van der Waals surface area contributed by atoms with Crippen LogP contribution in [0.5, 0.6) is 0 Å². The SMILES string of the molecule is COC(=O)[C@@H]1C[C@@H](N=[N+]=[N-])CN1C(=O)[C@@H]1CCCN1C(=O)[C@@H]1CCCN1C(C)C. The number of methoxy groups -OCH3 is 1. The van der Waals surface area contributed by atoms with Gasteiger partial charge in [-0.3, -0.25) is 14.5 Å². The van der Waals surface area contributed by atoms with Gasteiger partial charge in [0.25, 0.3) is 0 Å². The lowest BCUT2D eigenvalue weighted by Crippen LogP contribution is -2.55. The van der Waals surface area contributed by atoms with E-state index >= 15 is 0 Å². The molecule has 3 aliphatic rings. The number of ether oxygens (including phenoxy) is 1. The molecular formula is C19H30N6O4. The summed E-state index contributed by atoms with van der Waals surface area (Å²) in [5, 5.41) is 3.69. The first-order valence-corrected chi connectivity index (χ1v) is 10.4. The van der Waals surface area contributed by atoms with Crippen LogP contribution in [0.1, 0.15) is 46.0 Å². The second-order valence-electron chi connectivity index (χ2n) is 8.30. The summed E-state index contributed by atoms with van der Waals surface area (Å²) < 4.78 is 4.84. The number of carbonyl (C=O) groups is 3. The van der Waals surface area contributed by atoms with Crippen molar-refractivity contribution in [3.05, 3.63) is 10.4 Å². The van der Waals surface area contributed by atoms with E-state index in [2.05, 4.69) is 28.8 Å². The summed E-state index contributed by atoms with van der Waals surface area (Å²) in [4.78, 5) is 47.0. The van der Waals surface area contributed by atoms with Crippen molar-refractivity contribution in [2.45, 2.75) is 76.2 Å². The molecule has 2 amide bonds. The number of nitrogens with zero attached hydrogens (tertiary/aromatic N) is 6. The molecule has 0 spiro atoms. The lowest BCUT2D eigenvalue weighted by molar-refractivity contribution is -0.154. The fourth-order valence-corrected chi connectivity index (χ4v) is 4.92.